The number of nitrogens with one attached hydrogen (secondary N) is 1. The van der Waals surface area contributed by atoms with Gasteiger partial charge in [-0.1, -0.05) is 25.1 Å². The zero-order valence-corrected chi connectivity index (χ0v) is 11.3. The fourth-order valence-corrected chi connectivity index (χ4v) is 2.15. The summed E-state index contributed by atoms with van der Waals surface area (Å²) in [4.78, 5) is 11.6. The second kappa shape index (κ2) is 6.33. The van der Waals surface area contributed by atoms with Crippen molar-refractivity contribution in [2.75, 3.05) is 13.7 Å². The van der Waals surface area contributed by atoms with Crippen LogP contribution < -0.4 is 5.32 Å². The Balaban J connectivity index is 2.06. The number of para-hydroxylation sites is 1. The Labute approximate surface area is 112 Å². The monoisotopic (exact) mass is 261 g/mol. The molecule has 0 aliphatic carbocycles. The van der Waals surface area contributed by atoms with E-state index in [0.717, 1.165) is 17.4 Å². The van der Waals surface area contributed by atoms with Gasteiger partial charge in [-0.3, -0.25) is 9.48 Å². The zero-order valence-electron chi connectivity index (χ0n) is 11.3. The molecule has 5 nitrogen and oxygen atoms in total. The van der Waals surface area contributed by atoms with Crippen LogP contribution in [0.4, 0.5) is 0 Å². The number of rotatable bonds is 6. The van der Waals surface area contributed by atoms with Crippen molar-refractivity contribution in [3.8, 4) is 0 Å². The van der Waals surface area contributed by atoms with Gasteiger partial charge in [0.1, 0.15) is 6.04 Å². The van der Waals surface area contributed by atoms with Gasteiger partial charge in [0, 0.05) is 11.9 Å². The summed E-state index contributed by atoms with van der Waals surface area (Å²) in [5.41, 5.74) is 1.09. The fraction of sp³-hybridized carbons (Fsp3) is 0.429. The number of esters is 1. The molecule has 0 amide bonds. The van der Waals surface area contributed by atoms with Crippen LogP contribution >= 0.6 is 0 Å². The van der Waals surface area contributed by atoms with E-state index in [1.807, 2.05) is 42.1 Å². The molecule has 1 N–H and O–H groups in total. The number of methoxy groups -OCH3 is 1. The summed E-state index contributed by atoms with van der Waals surface area (Å²) in [5, 5.41) is 8.59. The molecule has 1 heterocycles. The number of carbonyl (C=O) groups excluding carboxylic acids is 1. The van der Waals surface area contributed by atoms with Gasteiger partial charge in [-0.25, -0.2) is 0 Å². The summed E-state index contributed by atoms with van der Waals surface area (Å²) in [6, 6.07) is 7.76. The third-order valence-corrected chi connectivity index (χ3v) is 3.12. The second-order valence-corrected chi connectivity index (χ2v) is 4.35. The molecular weight excluding hydrogens is 242 g/mol. The van der Waals surface area contributed by atoms with Crippen molar-refractivity contribution in [1.29, 1.82) is 0 Å². The predicted molar refractivity (Wildman–Crippen MR) is 73.8 cm³/mol. The van der Waals surface area contributed by atoms with E-state index in [0.29, 0.717) is 13.0 Å². The first-order chi connectivity index (χ1) is 9.26. The minimum atomic E-state index is -0.280. The van der Waals surface area contributed by atoms with Crippen molar-refractivity contribution in [2.45, 2.75) is 25.9 Å². The number of likely N-dealkylation sites (N-methyl/N-ethyl adjacent to an activating group) is 1. The minimum absolute atomic E-state index is 0.224. The van der Waals surface area contributed by atoms with Gasteiger partial charge in [-0.05, 0) is 19.0 Å². The molecule has 2 rings (SSSR count). The first-order valence-electron chi connectivity index (χ1n) is 6.48. The Kier molecular flexibility index (Phi) is 4.52. The molecule has 102 valence electrons. The van der Waals surface area contributed by atoms with E-state index in [9.17, 15) is 4.79 Å². The van der Waals surface area contributed by atoms with E-state index in [-0.39, 0.29) is 12.0 Å². The number of fused-ring (bicyclic) bond motifs is 1. The third-order valence-electron chi connectivity index (χ3n) is 3.12. The summed E-state index contributed by atoms with van der Waals surface area (Å²) in [6.45, 7) is 3.39. The van der Waals surface area contributed by atoms with Gasteiger partial charge in [0.05, 0.1) is 18.8 Å². The SMILES string of the molecule is CCNC(CCn1ncc2ccccc21)C(=O)OC. The minimum Gasteiger partial charge on any atom is -0.468 e. The third kappa shape index (κ3) is 3.12. The lowest BCUT2D eigenvalue weighted by Gasteiger charge is -2.15. The summed E-state index contributed by atoms with van der Waals surface area (Å²) >= 11 is 0. The number of aromatic nitrogens is 2. The fourth-order valence-electron chi connectivity index (χ4n) is 2.15. The van der Waals surface area contributed by atoms with E-state index in [2.05, 4.69) is 10.4 Å². The predicted octanol–water partition coefficient (Wildman–Crippen LogP) is 1.58. The Morgan fingerprint density at radius 1 is 1.47 bits per heavy atom. The van der Waals surface area contributed by atoms with Crippen LogP contribution in [0.2, 0.25) is 0 Å². The molecule has 0 saturated heterocycles. The van der Waals surface area contributed by atoms with Gasteiger partial charge in [0.15, 0.2) is 0 Å². The van der Waals surface area contributed by atoms with Crippen LogP contribution in [0.25, 0.3) is 10.9 Å². The van der Waals surface area contributed by atoms with E-state index >= 15 is 0 Å². The summed E-state index contributed by atoms with van der Waals surface area (Å²) in [6.07, 6.45) is 2.50. The number of ether oxygens (including phenoxy) is 1. The van der Waals surface area contributed by atoms with Gasteiger partial charge in [0.25, 0.3) is 0 Å². The van der Waals surface area contributed by atoms with Crippen LogP contribution in [0.5, 0.6) is 0 Å². The first-order valence-corrected chi connectivity index (χ1v) is 6.48. The molecule has 1 aromatic carbocycles. The highest BCUT2D eigenvalue weighted by Crippen LogP contribution is 2.13. The van der Waals surface area contributed by atoms with E-state index in [1.165, 1.54) is 7.11 Å². The van der Waals surface area contributed by atoms with Gasteiger partial charge in [-0.15, -0.1) is 0 Å². The van der Waals surface area contributed by atoms with E-state index in [4.69, 9.17) is 4.74 Å². The number of benzene rings is 1. The Morgan fingerprint density at radius 3 is 3.00 bits per heavy atom. The number of hydrogen-bond donors (Lipinski definition) is 1. The molecule has 0 radical (unpaired) electrons. The molecule has 0 saturated carbocycles. The molecule has 0 aliphatic heterocycles. The van der Waals surface area contributed by atoms with Crippen LogP contribution in [0.1, 0.15) is 13.3 Å². The van der Waals surface area contributed by atoms with Gasteiger partial charge >= 0.3 is 5.97 Å². The number of nitrogens with zero attached hydrogens (tertiary/aromatic N) is 2. The lowest BCUT2D eigenvalue weighted by atomic mass is 10.2. The first kappa shape index (κ1) is 13.5. The lowest BCUT2D eigenvalue weighted by Crippen LogP contribution is -2.38. The molecule has 0 fully saturated rings. The van der Waals surface area contributed by atoms with Crippen LogP contribution in [0, 0.1) is 0 Å². The van der Waals surface area contributed by atoms with Crippen molar-refractivity contribution in [2.24, 2.45) is 0 Å². The quantitative estimate of drug-likeness (QED) is 0.802. The average Bonchev–Trinajstić information content (AvgIpc) is 2.86. The Bertz CT molecular complexity index is 550. The normalized spacial score (nSPS) is 12.5. The summed E-state index contributed by atoms with van der Waals surface area (Å²) in [7, 11) is 1.41. The molecule has 1 aromatic heterocycles. The number of carbonyl (C=O) groups is 1. The van der Waals surface area contributed by atoms with Crippen LogP contribution in [-0.4, -0.2) is 35.4 Å². The molecule has 19 heavy (non-hydrogen) atoms. The van der Waals surface area contributed by atoms with Gasteiger partial charge in [0.2, 0.25) is 0 Å². The molecule has 1 atom stereocenters. The number of aryl methyl sites for hydroxylation is 1. The standard InChI is InChI=1S/C14H19N3O2/c1-3-15-12(14(18)19-2)8-9-17-13-7-5-4-6-11(13)10-16-17/h4-7,10,12,15H,3,8-9H2,1-2H3. The van der Waals surface area contributed by atoms with Crippen LogP contribution in [0.3, 0.4) is 0 Å². The van der Waals surface area contributed by atoms with Crippen LogP contribution in [0.15, 0.2) is 30.5 Å². The van der Waals surface area contributed by atoms with Crippen molar-refractivity contribution in [3.63, 3.8) is 0 Å². The van der Waals surface area contributed by atoms with Crippen LogP contribution in [-0.2, 0) is 16.1 Å². The van der Waals surface area contributed by atoms with Crippen molar-refractivity contribution < 1.29 is 9.53 Å². The highest BCUT2D eigenvalue weighted by atomic mass is 16.5. The van der Waals surface area contributed by atoms with E-state index in [1.54, 1.807) is 0 Å². The van der Waals surface area contributed by atoms with Gasteiger partial charge in [-0.2, -0.15) is 5.10 Å². The average molecular weight is 261 g/mol. The second-order valence-electron chi connectivity index (χ2n) is 4.35. The molecule has 0 spiro atoms. The molecule has 0 bridgehead atoms. The maximum atomic E-state index is 11.6. The zero-order chi connectivity index (χ0) is 13.7. The molecule has 5 heteroatoms. The molecule has 1 unspecified atom stereocenters. The molecule has 2 aromatic rings. The van der Waals surface area contributed by atoms with Crippen molar-refractivity contribution in [1.82, 2.24) is 15.1 Å². The van der Waals surface area contributed by atoms with Crippen molar-refractivity contribution >= 4 is 16.9 Å². The van der Waals surface area contributed by atoms with E-state index < -0.39 is 0 Å². The lowest BCUT2D eigenvalue weighted by molar-refractivity contribution is -0.143. The molecular formula is C14H19N3O2. The topological polar surface area (TPSA) is 56.2 Å². The maximum absolute atomic E-state index is 11.6. The highest BCUT2D eigenvalue weighted by molar-refractivity contribution is 5.78. The van der Waals surface area contributed by atoms with Crippen molar-refractivity contribution in [3.05, 3.63) is 30.5 Å². The molecule has 0 aliphatic rings. The number of hydrogen-bond acceptors (Lipinski definition) is 4. The smallest absolute Gasteiger partial charge is 0.322 e. The Morgan fingerprint density at radius 2 is 2.26 bits per heavy atom. The summed E-state index contributed by atoms with van der Waals surface area (Å²) < 4.78 is 6.71. The van der Waals surface area contributed by atoms with Gasteiger partial charge < -0.3 is 10.1 Å². The highest BCUT2D eigenvalue weighted by Gasteiger charge is 2.17. The largest absolute Gasteiger partial charge is 0.468 e. The maximum Gasteiger partial charge on any atom is 0.322 e. The summed E-state index contributed by atoms with van der Waals surface area (Å²) in [5.74, 6) is -0.224. The Hall–Kier alpha value is -1.88.